The van der Waals surface area contributed by atoms with E-state index in [0.29, 0.717) is 118 Å². The number of aliphatic hydroxyl groups is 1. The van der Waals surface area contributed by atoms with Crippen LogP contribution in [0.4, 0.5) is 52.7 Å². The Kier molecular flexibility index (Phi) is 45.0. The van der Waals surface area contributed by atoms with Crippen LogP contribution in [0.5, 0.6) is 23.0 Å². The summed E-state index contributed by atoms with van der Waals surface area (Å²) in [5.41, 5.74) is 4.95. The van der Waals surface area contributed by atoms with Crippen molar-refractivity contribution < 1.29 is 159 Å². The second-order valence-electron chi connectivity index (χ2n) is 30.0. The molecule has 0 unspecified atom stereocenters. The van der Waals surface area contributed by atoms with Crippen LogP contribution in [0, 0.1) is 0 Å². The number of alkyl halides is 12. The number of esters is 3. The molecule has 4 aromatic carbocycles. The predicted molar refractivity (Wildman–Crippen MR) is 490 cm³/mol. The van der Waals surface area contributed by atoms with Crippen LogP contribution in [0.25, 0.3) is 44.0 Å². The van der Waals surface area contributed by atoms with Gasteiger partial charge in [0.25, 0.3) is 28.2 Å². The van der Waals surface area contributed by atoms with Gasteiger partial charge in [0, 0.05) is 169 Å². The number of hydrogen-bond acceptors (Lipinski definition) is 24. The Bertz CT molecular complexity index is 6190. The van der Waals surface area contributed by atoms with Gasteiger partial charge in [0.1, 0.15) is 23.0 Å². The van der Waals surface area contributed by atoms with Crippen LogP contribution in [0.2, 0.25) is 20.5 Å². The zero-order valence-corrected chi connectivity index (χ0v) is 81.2. The van der Waals surface area contributed by atoms with E-state index in [1.54, 1.807) is 58.3 Å². The normalized spacial score (nSPS) is 13.2. The second-order valence-corrected chi connectivity index (χ2v) is 30.8. The average molecular weight is 2150 g/mol. The van der Waals surface area contributed by atoms with E-state index in [4.69, 9.17) is 42.9 Å². The first-order chi connectivity index (χ1) is 63.1. The monoisotopic (exact) mass is 2150 g/mol. The molecule has 0 atom stereocenters. The maximum Gasteiger partial charge on any atom is 1.00 e. The van der Waals surface area contributed by atoms with Gasteiger partial charge < -0.3 is 68.0 Å². The Morgan fingerprint density at radius 1 is 0.420 bits per heavy atom. The van der Waals surface area contributed by atoms with Crippen LogP contribution < -0.4 is 82.8 Å². The summed E-state index contributed by atoms with van der Waals surface area (Å²) < 4.78 is 206. The number of benzene rings is 4. The number of fused-ring (bicyclic) bond motifs is 4. The van der Waals surface area contributed by atoms with Gasteiger partial charge >= 0.3 is 106 Å². The number of hydrogen-bond donors (Lipinski definition) is 2. The molecule has 4 aromatic heterocycles. The summed E-state index contributed by atoms with van der Waals surface area (Å²) in [4.78, 5) is 144. The van der Waals surface area contributed by atoms with E-state index in [9.17, 15) is 105 Å². The Labute approximate surface area is 814 Å². The van der Waals surface area contributed by atoms with Crippen LogP contribution >= 0.6 is 44.2 Å². The molecular weight excluding hydrogens is 2060 g/mol. The molecule has 53 heteroatoms. The number of carbonyl (C=O) groups excluding carboxylic acids is 3. The third-order valence-corrected chi connectivity index (χ3v) is 21.2. The van der Waals surface area contributed by atoms with Crippen LogP contribution in [-0.2, 0) is 127 Å². The van der Waals surface area contributed by atoms with Crippen molar-refractivity contribution in [2.45, 2.75) is 165 Å². The Hall–Kier alpha value is -11.2. The minimum Gasteiger partial charge on any atom is -0.870 e. The molecule has 1 fully saturated rings. The summed E-state index contributed by atoms with van der Waals surface area (Å²) >= 11 is 8.90. The molecule has 0 spiro atoms. The zero-order chi connectivity index (χ0) is 101. The quantitative estimate of drug-likeness (QED) is 0.0198. The molecule has 744 valence electrons. The number of carboxylic acids is 1. The number of carbonyl (C=O) groups is 4. The molecule has 4 aliphatic carbocycles. The first kappa shape index (κ1) is 119. The third kappa shape index (κ3) is 32.7. The van der Waals surface area contributed by atoms with E-state index in [1.807, 2.05) is 20.5 Å². The maximum absolute atomic E-state index is 13.0. The summed E-state index contributed by atoms with van der Waals surface area (Å²) in [6.45, 7) is 14.3. The summed E-state index contributed by atoms with van der Waals surface area (Å²) in [5, 5.41) is 16.4. The number of nitrogens with zero attached hydrogens (tertiary/aromatic N) is 8. The van der Waals surface area contributed by atoms with E-state index in [2.05, 4.69) is 63.1 Å². The van der Waals surface area contributed by atoms with Crippen LogP contribution in [0.3, 0.4) is 0 Å². The zero-order valence-electron chi connectivity index (χ0n) is 76.4. The number of allylic oxidation sites excluding steroid dienone is 6. The number of rotatable bonds is 23. The molecule has 0 bridgehead atoms. The molecule has 1 aliphatic heterocycles. The summed E-state index contributed by atoms with van der Waals surface area (Å²) in [5.74, 6) is -3.65. The predicted octanol–water partition coefficient (Wildman–Crippen LogP) is 9.10. The number of ether oxygens (including phenoxy) is 7. The van der Waals surface area contributed by atoms with Gasteiger partial charge in [-0.3, -0.25) is 74.9 Å². The smallest absolute Gasteiger partial charge is 0.870 e. The third-order valence-electron chi connectivity index (χ3n) is 20.3. The van der Waals surface area contributed by atoms with Crippen LogP contribution in [0.1, 0.15) is 135 Å². The van der Waals surface area contributed by atoms with E-state index in [-0.39, 0.29) is 165 Å². The van der Waals surface area contributed by atoms with Crippen molar-refractivity contribution in [1.29, 1.82) is 0 Å². The minimum absolute atomic E-state index is 0. The van der Waals surface area contributed by atoms with Crippen molar-refractivity contribution in [2.75, 3.05) is 26.4 Å². The van der Waals surface area contributed by atoms with Gasteiger partial charge in [-0.1, -0.05) is 48.5 Å². The van der Waals surface area contributed by atoms with Gasteiger partial charge in [0.15, 0.2) is 0 Å². The van der Waals surface area contributed by atoms with Crippen LogP contribution in [-0.4, -0.2) is 155 Å². The van der Waals surface area contributed by atoms with Gasteiger partial charge in [-0.05, 0) is 186 Å². The number of halogens is 15. The summed E-state index contributed by atoms with van der Waals surface area (Å²) in [7, 11) is 5.71. The fourth-order valence-corrected chi connectivity index (χ4v) is 15.8. The Balaban J connectivity index is 0.000000362. The maximum atomic E-state index is 13.0. The fraction of sp³-hybridized carbons (Fsp3) is 0.388. The van der Waals surface area contributed by atoms with Gasteiger partial charge in [0.2, 0.25) is 0 Å². The molecule has 5 aliphatic rings. The first-order valence-electron chi connectivity index (χ1n) is 40.7. The second kappa shape index (κ2) is 52.2. The van der Waals surface area contributed by atoms with Gasteiger partial charge in [-0.25, -0.2) is 19.2 Å². The van der Waals surface area contributed by atoms with Crippen LogP contribution in [0.15, 0.2) is 135 Å². The van der Waals surface area contributed by atoms with Crippen molar-refractivity contribution in [2.24, 2.45) is 28.2 Å². The van der Waals surface area contributed by atoms with E-state index >= 15 is 0 Å². The van der Waals surface area contributed by atoms with E-state index in [1.165, 1.54) is 126 Å². The molecule has 0 radical (unpaired) electrons. The molecule has 5 heterocycles. The molecular formula is C85H93B3Br3F12LiN8O26. The largest absolute Gasteiger partial charge is 1.00 e. The summed E-state index contributed by atoms with van der Waals surface area (Å²) in [6, 6.07) is 21.9. The number of carboxylic acid groups (broad SMARTS) is 1. The SMILES string of the molecule is BrBr.CB1OB(C)OB(C)O1.CC(=O)O.CC(=O)OCCCn1c(=O)c2c(n(C)c1=O)C(Br)=C(c1cccc(OC(F)(F)F)c1)C2.CC(=O)OCCCn1c(=O)c2c(n(C)c1=O)C(C)=C(c1cccc(OC(F)(F)F)c1)C2.CC(=O)OCCCn1c(=O)c2c(n(C)c1=O)C=C(c1cccc(OC(F)(F)F)c1)C2.CC1=C(c2cccc(OC(F)(F)F)c2)Cc2c1n(C)c(=O)n(CCCO)c2=O.O.[Li+].[OH-]. The molecule has 13 rings (SSSR count). The van der Waals surface area contributed by atoms with Crippen molar-refractivity contribution in [1.82, 2.24) is 36.5 Å². The molecule has 0 amide bonds. The van der Waals surface area contributed by atoms with Gasteiger partial charge in [-0.15, -0.1) is 52.7 Å². The number of aliphatic hydroxyl groups excluding tert-OH is 1. The van der Waals surface area contributed by atoms with Crippen molar-refractivity contribution >= 4 is 133 Å². The molecule has 138 heavy (non-hydrogen) atoms. The Morgan fingerprint density at radius 3 is 0.986 bits per heavy atom. The van der Waals surface area contributed by atoms with E-state index in [0.717, 1.165) is 25.2 Å². The van der Waals surface area contributed by atoms with E-state index < -0.39 is 94.3 Å². The number of aliphatic carboxylic acids is 1. The molecule has 5 N–H and O–H groups in total. The van der Waals surface area contributed by atoms with Gasteiger partial charge in [-0.2, -0.15) is 0 Å². The minimum atomic E-state index is -4.83. The first-order valence-corrected chi connectivity index (χ1v) is 45.2. The van der Waals surface area contributed by atoms with Gasteiger partial charge in [0.05, 0.1) is 42.6 Å². The van der Waals surface area contributed by atoms with Crippen molar-refractivity contribution in [3.8, 4) is 23.0 Å². The fourth-order valence-electron chi connectivity index (χ4n) is 14.9. The molecule has 34 nitrogen and oxygen atoms in total. The van der Waals surface area contributed by atoms with Crippen molar-refractivity contribution in [3.05, 3.63) is 248 Å². The van der Waals surface area contributed by atoms with Crippen molar-refractivity contribution in [3.63, 3.8) is 0 Å². The standard InChI is InChI=1S/C21H21F3N2O5.C20H18BrF3N2O5.C20H19F3N2O5.C19H19F3N2O4.C3H9B3O3.C2H4O2.Br2.Li.2H2O/c1-12-16(14-6-4-7-15(10-14)31-21(22,23)24)11-17-18(12)25(3)20(29)26(19(17)28)8-5-9-30-13(2)27;1-11(27)30-8-4-7-26-18(28)15-10-14(16(21)17(15)25(2)19(26)29)12-5-3-6-13(9-12)31-20(22,23)24;1-12(26)29-8-4-7-25-18(27)16-10-14(11-17(16)24(2)19(25)28)13-5-3-6-15(9-13)30-20(21,22)23;1-11-14(12-5-3-6-13(9-12)28-19(20,21)22)10-15-16(11)23(2)18(27)24(17(15)26)7-4-8-25;1-4-7-5(2)9-6(3)8-4;1-2(3)4;1-2;;;/h4,6-7,10H,5,8-9,11H2,1-3H3;3,5-6,9H,4,7-8,10H2,1-2H3;3,5-6,9,11H,4,7-8,10H2,1-2H3;3,5-6,9,25H,4,7-8,10H2,1-2H3;1-3H3;1H3,(H,3,4);;;2*1H2/q;;;;;;;+1;;/p-1. The topological polar surface area (TPSA) is 439 Å². The summed E-state index contributed by atoms with van der Waals surface area (Å²) in [6.07, 6.45) is -15.8. The number of aromatic nitrogens is 8. The molecule has 0 saturated carbocycles. The Morgan fingerprint density at radius 2 is 0.681 bits per heavy atom. The molecule has 8 aromatic rings. The average Bonchev–Trinajstić information content (AvgIpc) is 1.60. The molecule has 1 saturated heterocycles.